The van der Waals surface area contributed by atoms with Crippen LogP contribution < -0.4 is 10.6 Å². The van der Waals surface area contributed by atoms with E-state index in [0.717, 1.165) is 6.08 Å². The zero-order chi connectivity index (χ0) is 9.84. The summed E-state index contributed by atoms with van der Waals surface area (Å²) in [5.41, 5.74) is 0. The van der Waals surface area contributed by atoms with Crippen molar-refractivity contribution < 1.29 is 14.7 Å². The Morgan fingerprint density at radius 3 is 3.00 bits per heavy atom. The summed E-state index contributed by atoms with van der Waals surface area (Å²) in [6.07, 6.45) is 1.54. The average Bonchev–Trinajstić information content (AvgIpc) is 2.47. The lowest BCUT2D eigenvalue weighted by Crippen LogP contribution is -2.39. The molecule has 0 aliphatic carbocycles. The number of amides is 2. The monoisotopic (exact) mass is 184 g/mol. The maximum atomic E-state index is 11.1. The van der Waals surface area contributed by atoms with Crippen molar-refractivity contribution in [3.05, 3.63) is 12.7 Å². The Morgan fingerprint density at radius 1 is 1.85 bits per heavy atom. The molecule has 1 heterocycles. The number of carbonyl (C=O) groups excluding carboxylic acids is 2. The van der Waals surface area contributed by atoms with Crippen LogP contribution in [-0.2, 0) is 9.59 Å². The predicted octanol–water partition coefficient (Wildman–Crippen LogP) is -1.46. The minimum atomic E-state index is -0.539. The van der Waals surface area contributed by atoms with E-state index in [1.165, 1.54) is 0 Å². The van der Waals surface area contributed by atoms with Gasteiger partial charge in [-0.25, -0.2) is 0 Å². The number of carbonyl (C=O) groups is 2. The topological polar surface area (TPSA) is 78.4 Å². The fourth-order valence-electron chi connectivity index (χ4n) is 1.23. The molecule has 0 spiro atoms. The van der Waals surface area contributed by atoms with Gasteiger partial charge >= 0.3 is 0 Å². The first-order valence-electron chi connectivity index (χ1n) is 4.01. The van der Waals surface area contributed by atoms with Gasteiger partial charge in [-0.3, -0.25) is 9.59 Å². The molecule has 0 aromatic heterocycles. The molecule has 1 rings (SSSR count). The molecule has 2 atom stereocenters. The van der Waals surface area contributed by atoms with Gasteiger partial charge in [0.1, 0.15) is 6.04 Å². The fourth-order valence-corrected chi connectivity index (χ4v) is 1.23. The second-order valence-corrected chi connectivity index (χ2v) is 2.89. The molecular formula is C8H12N2O3. The largest absolute Gasteiger partial charge is 0.394 e. The van der Waals surface area contributed by atoms with Crippen molar-refractivity contribution >= 4 is 11.8 Å². The highest BCUT2D eigenvalue weighted by atomic mass is 16.3. The van der Waals surface area contributed by atoms with Gasteiger partial charge in [-0.05, 0) is 12.5 Å². The molecule has 13 heavy (non-hydrogen) atoms. The van der Waals surface area contributed by atoms with Crippen molar-refractivity contribution in [3.8, 4) is 0 Å². The summed E-state index contributed by atoms with van der Waals surface area (Å²) < 4.78 is 0. The van der Waals surface area contributed by atoms with Gasteiger partial charge in [0, 0.05) is 0 Å². The standard InChI is InChI=1S/C8H12N2O3/c1-2-7(12)10-6-3-5(4-11)9-8(6)13/h2,5-6,11H,1,3-4H2,(H,9,13)(H,10,12)/t5-,6+/m0/s1. The van der Waals surface area contributed by atoms with E-state index < -0.39 is 6.04 Å². The lowest BCUT2D eigenvalue weighted by molar-refractivity contribution is -0.125. The first-order chi connectivity index (χ1) is 6.17. The van der Waals surface area contributed by atoms with Gasteiger partial charge in [0.05, 0.1) is 12.6 Å². The average molecular weight is 184 g/mol. The zero-order valence-corrected chi connectivity index (χ0v) is 7.12. The Balaban J connectivity index is 2.48. The summed E-state index contributed by atoms with van der Waals surface area (Å²) in [5, 5.41) is 13.8. The number of aliphatic hydroxyl groups excluding tert-OH is 1. The molecule has 1 saturated heterocycles. The molecule has 1 aliphatic heterocycles. The summed E-state index contributed by atoms with van der Waals surface area (Å²) >= 11 is 0. The van der Waals surface area contributed by atoms with E-state index in [-0.39, 0.29) is 24.5 Å². The number of hydrogen-bond acceptors (Lipinski definition) is 3. The summed E-state index contributed by atoms with van der Waals surface area (Å²) in [4.78, 5) is 22.0. The molecule has 5 heteroatoms. The van der Waals surface area contributed by atoms with Crippen molar-refractivity contribution in [2.45, 2.75) is 18.5 Å². The quantitative estimate of drug-likeness (QED) is 0.469. The van der Waals surface area contributed by atoms with E-state index in [1.807, 2.05) is 0 Å². The molecule has 1 fully saturated rings. The van der Waals surface area contributed by atoms with E-state index in [0.29, 0.717) is 6.42 Å². The number of hydrogen-bond donors (Lipinski definition) is 3. The van der Waals surface area contributed by atoms with Crippen molar-refractivity contribution in [2.75, 3.05) is 6.61 Å². The summed E-state index contributed by atoms with van der Waals surface area (Å²) in [6.45, 7) is 3.17. The molecule has 0 unspecified atom stereocenters. The molecule has 3 N–H and O–H groups in total. The second kappa shape index (κ2) is 4.04. The Kier molecular flexibility index (Phi) is 3.02. The normalized spacial score (nSPS) is 26.7. The van der Waals surface area contributed by atoms with Crippen LogP contribution in [0.25, 0.3) is 0 Å². The number of aliphatic hydroxyl groups is 1. The molecule has 0 saturated carbocycles. The molecule has 2 amide bonds. The van der Waals surface area contributed by atoms with Gasteiger partial charge in [0.15, 0.2) is 0 Å². The van der Waals surface area contributed by atoms with E-state index >= 15 is 0 Å². The Hall–Kier alpha value is -1.36. The summed E-state index contributed by atoms with van der Waals surface area (Å²) in [6, 6.07) is -0.787. The van der Waals surface area contributed by atoms with Gasteiger partial charge in [-0.2, -0.15) is 0 Å². The smallest absolute Gasteiger partial charge is 0.244 e. The highest BCUT2D eigenvalue weighted by molar-refractivity contribution is 5.93. The minimum absolute atomic E-state index is 0.105. The molecule has 0 radical (unpaired) electrons. The molecule has 0 bridgehead atoms. The maximum Gasteiger partial charge on any atom is 0.244 e. The van der Waals surface area contributed by atoms with Crippen molar-refractivity contribution in [2.24, 2.45) is 0 Å². The van der Waals surface area contributed by atoms with Gasteiger partial charge in [-0.1, -0.05) is 6.58 Å². The third kappa shape index (κ3) is 2.29. The van der Waals surface area contributed by atoms with Crippen LogP contribution in [0.4, 0.5) is 0 Å². The first-order valence-corrected chi connectivity index (χ1v) is 4.01. The zero-order valence-electron chi connectivity index (χ0n) is 7.12. The highest BCUT2D eigenvalue weighted by Crippen LogP contribution is 2.07. The molecular weight excluding hydrogens is 172 g/mol. The van der Waals surface area contributed by atoms with Crippen molar-refractivity contribution in [1.82, 2.24) is 10.6 Å². The minimum Gasteiger partial charge on any atom is -0.394 e. The third-order valence-corrected chi connectivity index (χ3v) is 1.91. The van der Waals surface area contributed by atoms with Gasteiger partial charge in [0.25, 0.3) is 0 Å². The van der Waals surface area contributed by atoms with Gasteiger partial charge in [-0.15, -0.1) is 0 Å². The fraction of sp³-hybridized carbons (Fsp3) is 0.500. The lowest BCUT2D eigenvalue weighted by atomic mass is 10.2. The second-order valence-electron chi connectivity index (χ2n) is 2.89. The molecule has 72 valence electrons. The predicted molar refractivity (Wildman–Crippen MR) is 45.8 cm³/mol. The van der Waals surface area contributed by atoms with Crippen molar-refractivity contribution in [3.63, 3.8) is 0 Å². The van der Waals surface area contributed by atoms with Crippen LogP contribution >= 0.6 is 0 Å². The summed E-state index contributed by atoms with van der Waals surface area (Å²) in [5.74, 6) is -0.631. The maximum absolute atomic E-state index is 11.1. The van der Waals surface area contributed by atoms with Crippen LogP contribution in [-0.4, -0.2) is 35.6 Å². The van der Waals surface area contributed by atoms with E-state index in [2.05, 4.69) is 17.2 Å². The van der Waals surface area contributed by atoms with Crippen LogP contribution in [0.15, 0.2) is 12.7 Å². The van der Waals surface area contributed by atoms with Gasteiger partial charge < -0.3 is 15.7 Å². The van der Waals surface area contributed by atoms with Gasteiger partial charge in [0.2, 0.25) is 11.8 Å². The van der Waals surface area contributed by atoms with E-state index in [9.17, 15) is 9.59 Å². The highest BCUT2D eigenvalue weighted by Gasteiger charge is 2.31. The summed E-state index contributed by atoms with van der Waals surface area (Å²) in [7, 11) is 0. The third-order valence-electron chi connectivity index (χ3n) is 1.91. The SMILES string of the molecule is C=CC(=O)N[C@@H]1C[C@@H](CO)NC1=O. The Bertz CT molecular complexity index is 240. The van der Waals surface area contributed by atoms with Crippen LogP contribution in [0.2, 0.25) is 0 Å². The lowest BCUT2D eigenvalue weighted by Gasteiger charge is -2.06. The Morgan fingerprint density at radius 2 is 2.54 bits per heavy atom. The molecule has 0 aromatic rings. The van der Waals surface area contributed by atoms with E-state index in [1.54, 1.807) is 0 Å². The molecule has 1 aliphatic rings. The molecule has 0 aromatic carbocycles. The van der Waals surface area contributed by atoms with Crippen LogP contribution in [0.3, 0.4) is 0 Å². The number of nitrogens with one attached hydrogen (secondary N) is 2. The van der Waals surface area contributed by atoms with Crippen LogP contribution in [0, 0.1) is 0 Å². The van der Waals surface area contributed by atoms with Crippen molar-refractivity contribution in [1.29, 1.82) is 0 Å². The molecule has 5 nitrogen and oxygen atoms in total. The first kappa shape index (κ1) is 9.73. The van der Waals surface area contributed by atoms with Crippen LogP contribution in [0.5, 0.6) is 0 Å². The van der Waals surface area contributed by atoms with Crippen LogP contribution in [0.1, 0.15) is 6.42 Å². The number of rotatable bonds is 3. The Labute approximate surface area is 75.8 Å². The van der Waals surface area contributed by atoms with E-state index in [4.69, 9.17) is 5.11 Å².